The lowest BCUT2D eigenvalue weighted by molar-refractivity contribution is 0.0199. The summed E-state index contributed by atoms with van der Waals surface area (Å²) in [7, 11) is 0. The molecule has 0 saturated carbocycles. The predicted molar refractivity (Wildman–Crippen MR) is 105 cm³/mol. The first-order valence-corrected chi connectivity index (χ1v) is 9.36. The van der Waals surface area contributed by atoms with Crippen LogP contribution in [0.15, 0.2) is 57.5 Å². The minimum Gasteiger partial charge on any atom is -0.394 e. The standard InChI is InChI=1S/C16H16Br2O2.C3H8O/c1-10(15(19)11-2-6-13(17)7-3-11)16(20)12-4-8-14(18)9-5-12;1-3(2)4/h2-10,15-16,19-20H,1H3;3-4H,1-2H3/t15-,16-;/m0./s1. The molecular weight excluding hydrogens is 436 g/mol. The lowest BCUT2D eigenvalue weighted by Crippen LogP contribution is -2.17. The van der Waals surface area contributed by atoms with Gasteiger partial charge in [-0.25, -0.2) is 0 Å². The first kappa shape index (κ1) is 21.3. The van der Waals surface area contributed by atoms with E-state index in [0.717, 1.165) is 20.1 Å². The van der Waals surface area contributed by atoms with Crippen LogP contribution < -0.4 is 0 Å². The summed E-state index contributed by atoms with van der Waals surface area (Å²) in [5.74, 6) is -0.294. The Morgan fingerprint density at radius 3 is 1.12 bits per heavy atom. The Labute approximate surface area is 160 Å². The van der Waals surface area contributed by atoms with Gasteiger partial charge in [-0.2, -0.15) is 0 Å². The molecule has 132 valence electrons. The van der Waals surface area contributed by atoms with Crippen LogP contribution in [0.3, 0.4) is 0 Å². The molecule has 3 N–H and O–H groups in total. The minimum absolute atomic E-state index is 0.167. The average molecular weight is 460 g/mol. The molecule has 2 rings (SSSR count). The second kappa shape index (κ2) is 10.3. The second-order valence-electron chi connectivity index (χ2n) is 5.95. The monoisotopic (exact) mass is 458 g/mol. The number of rotatable bonds is 4. The topological polar surface area (TPSA) is 60.7 Å². The zero-order valence-corrected chi connectivity index (χ0v) is 17.2. The van der Waals surface area contributed by atoms with Crippen LogP contribution in [0.5, 0.6) is 0 Å². The average Bonchev–Trinajstić information content (AvgIpc) is 2.54. The summed E-state index contributed by atoms with van der Waals surface area (Å²) in [4.78, 5) is 0. The number of aliphatic hydroxyl groups excluding tert-OH is 3. The summed E-state index contributed by atoms with van der Waals surface area (Å²) in [6.07, 6.45) is -1.58. The van der Waals surface area contributed by atoms with Gasteiger partial charge in [0.05, 0.1) is 12.2 Å². The van der Waals surface area contributed by atoms with Crippen molar-refractivity contribution in [1.29, 1.82) is 0 Å². The molecular formula is C19H24Br2O3. The Kier molecular flexibility index (Phi) is 9.16. The molecule has 0 amide bonds. The molecule has 0 fully saturated rings. The van der Waals surface area contributed by atoms with Crippen LogP contribution in [-0.2, 0) is 0 Å². The molecule has 0 heterocycles. The van der Waals surface area contributed by atoms with Crippen LogP contribution in [0.25, 0.3) is 0 Å². The van der Waals surface area contributed by atoms with Crippen LogP contribution in [0.1, 0.15) is 44.1 Å². The normalized spacial score (nSPS) is 13.4. The summed E-state index contributed by atoms with van der Waals surface area (Å²) in [6.45, 7) is 5.29. The van der Waals surface area contributed by atoms with Gasteiger partial charge in [-0.05, 0) is 49.2 Å². The van der Waals surface area contributed by atoms with Crippen molar-refractivity contribution >= 4 is 31.9 Å². The molecule has 0 aliphatic carbocycles. The largest absolute Gasteiger partial charge is 0.394 e. The van der Waals surface area contributed by atoms with Crippen molar-refractivity contribution in [2.45, 2.75) is 39.1 Å². The Hall–Kier alpha value is -0.720. The predicted octanol–water partition coefficient (Wildman–Crippen LogP) is 5.00. The van der Waals surface area contributed by atoms with Gasteiger partial charge < -0.3 is 15.3 Å². The molecule has 24 heavy (non-hydrogen) atoms. The molecule has 0 spiro atoms. The molecule has 0 bridgehead atoms. The number of halogens is 2. The summed E-state index contributed by atoms with van der Waals surface area (Å²) >= 11 is 6.74. The summed E-state index contributed by atoms with van der Waals surface area (Å²) in [5, 5.41) is 28.8. The highest BCUT2D eigenvalue weighted by atomic mass is 79.9. The van der Waals surface area contributed by atoms with E-state index in [9.17, 15) is 10.2 Å². The van der Waals surface area contributed by atoms with Crippen molar-refractivity contribution in [3.05, 3.63) is 68.6 Å². The number of hydrogen-bond acceptors (Lipinski definition) is 3. The third kappa shape index (κ3) is 7.03. The van der Waals surface area contributed by atoms with Gasteiger partial charge in [-0.1, -0.05) is 63.0 Å². The van der Waals surface area contributed by atoms with E-state index in [4.69, 9.17) is 5.11 Å². The second-order valence-corrected chi connectivity index (χ2v) is 7.78. The van der Waals surface area contributed by atoms with Crippen LogP contribution in [0.2, 0.25) is 0 Å². The Morgan fingerprint density at radius 2 is 0.875 bits per heavy atom. The molecule has 2 atom stereocenters. The molecule has 0 aliphatic rings. The first-order chi connectivity index (χ1) is 11.2. The highest BCUT2D eigenvalue weighted by Crippen LogP contribution is 2.33. The van der Waals surface area contributed by atoms with Gasteiger partial charge >= 0.3 is 0 Å². The van der Waals surface area contributed by atoms with Crippen molar-refractivity contribution < 1.29 is 15.3 Å². The molecule has 0 aliphatic heterocycles. The number of hydrogen-bond donors (Lipinski definition) is 3. The van der Waals surface area contributed by atoms with E-state index in [1.165, 1.54) is 0 Å². The third-order valence-corrected chi connectivity index (χ3v) is 4.48. The van der Waals surface area contributed by atoms with Crippen molar-refractivity contribution in [2.24, 2.45) is 5.92 Å². The van der Waals surface area contributed by atoms with Crippen LogP contribution in [-0.4, -0.2) is 21.4 Å². The van der Waals surface area contributed by atoms with E-state index in [1.54, 1.807) is 13.8 Å². The lowest BCUT2D eigenvalue weighted by Gasteiger charge is -2.25. The SMILES string of the molecule is CC(C)O.CC([C@H](O)c1ccc(Br)cc1)[C@H](O)c1ccc(Br)cc1. The molecule has 2 aromatic carbocycles. The fourth-order valence-corrected chi connectivity index (χ4v) is 2.63. The molecule has 0 aromatic heterocycles. The van der Waals surface area contributed by atoms with Crippen molar-refractivity contribution in [1.82, 2.24) is 0 Å². The number of aliphatic hydroxyl groups is 3. The smallest absolute Gasteiger partial charge is 0.0843 e. The van der Waals surface area contributed by atoms with E-state index in [-0.39, 0.29) is 12.0 Å². The Balaban J connectivity index is 0.000000648. The minimum atomic E-state index is -0.707. The van der Waals surface area contributed by atoms with Gasteiger partial charge in [0.15, 0.2) is 0 Å². The zero-order valence-electron chi connectivity index (χ0n) is 14.0. The molecule has 0 saturated heterocycles. The van der Waals surface area contributed by atoms with E-state index >= 15 is 0 Å². The Bertz CT molecular complexity index is 543. The quantitative estimate of drug-likeness (QED) is 0.602. The van der Waals surface area contributed by atoms with Crippen LogP contribution >= 0.6 is 31.9 Å². The summed E-state index contributed by atoms with van der Waals surface area (Å²) in [6, 6.07) is 15.0. The van der Waals surface area contributed by atoms with Gasteiger partial charge in [-0.15, -0.1) is 0 Å². The van der Waals surface area contributed by atoms with Crippen LogP contribution in [0.4, 0.5) is 0 Å². The zero-order chi connectivity index (χ0) is 18.3. The first-order valence-electron chi connectivity index (χ1n) is 7.77. The van der Waals surface area contributed by atoms with Gasteiger partial charge in [0, 0.05) is 21.0 Å². The van der Waals surface area contributed by atoms with E-state index < -0.39 is 12.2 Å². The summed E-state index contributed by atoms with van der Waals surface area (Å²) in [5.41, 5.74) is 1.61. The maximum absolute atomic E-state index is 10.4. The fourth-order valence-electron chi connectivity index (χ4n) is 2.10. The van der Waals surface area contributed by atoms with Crippen molar-refractivity contribution in [2.75, 3.05) is 0 Å². The molecule has 0 radical (unpaired) electrons. The molecule has 2 aromatic rings. The fraction of sp³-hybridized carbons (Fsp3) is 0.368. The maximum Gasteiger partial charge on any atom is 0.0843 e. The van der Waals surface area contributed by atoms with Gasteiger partial charge in [0.1, 0.15) is 0 Å². The Morgan fingerprint density at radius 1 is 0.625 bits per heavy atom. The van der Waals surface area contributed by atoms with Gasteiger partial charge in [0.2, 0.25) is 0 Å². The molecule has 5 heteroatoms. The van der Waals surface area contributed by atoms with E-state index in [2.05, 4.69) is 31.9 Å². The van der Waals surface area contributed by atoms with Crippen LogP contribution in [0, 0.1) is 5.92 Å². The maximum atomic E-state index is 10.4. The lowest BCUT2D eigenvalue weighted by atomic mass is 9.89. The summed E-state index contributed by atoms with van der Waals surface area (Å²) < 4.78 is 1.93. The van der Waals surface area contributed by atoms with E-state index in [0.29, 0.717) is 0 Å². The molecule has 0 unspecified atom stereocenters. The van der Waals surface area contributed by atoms with Gasteiger partial charge in [0.25, 0.3) is 0 Å². The van der Waals surface area contributed by atoms with Crippen molar-refractivity contribution in [3.8, 4) is 0 Å². The molecule has 3 nitrogen and oxygen atoms in total. The van der Waals surface area contributed by atoms with Crippen molar-refractivity contribution in [3.63, 3.8) is 0 Å². The highest BCUT2D eigenvalue weighted by molar-refractivity contribution is 9.10. The number of benzene rings is 2. The third-order valence-electron chi connectivity index (χ3n) is 3.42. The van der Waals surface area contributed by atoms with Gasteiger partial charge in [-0.3, -0.25) is 0 Å². The highest BCUT2D eigenvalue weighted by Gasteiger charge is 2.25. The van der Waals surface area contributed by atoms with E-state index in [1.807, 2.05) is 55.5 Å².